The Morgan fingerprint density at radius 1 is 1.11 bits per heavy atom. The summed E-state index contributed by atoms with van der Waals surface area (Å²) in [6, 6.07) is 8.97. The van der Waals surface area contributed by atoms with E-state index in [9.17, 15) is 24.5 Å². The van der Waals surface area contributed by atoms with Crippen molar-refractivity contribution in [2.24, 2.45) is 23.7 Å². The molecule has 180 valence electrons. The van der Waals surface area contributed by atoms with Crippen LogP contribution in [-0.2, 0) is 9.59 Å². The van der Waals surface area contributed by atoms with Gasteiger partial charge >= 0.3 is 0 Å². The van der Waals surface area contributed by atoms with Crippen LogP contribution >= 0.6 is 11.6 Å². The van der Waals surface area contributed by atoms with E-state index in [1.165, 1.54) is 23.1 Å². The lowest BCUT2D eigenvalue weighted by atomic mass is 9.85. The molecule has 0 radical (unpaired) electrons. The van der Waals surface area contributed by atoms with E-state index < -0.39 is 10.8 Å². The largest absolute Gasteiger partial charge is 0.383 e. The van der Waals surface area contributed by atoms with Gasteiger partial charge in [-0.05, 0) is 48.9 Å². The lowest BCUT2D eigenvalue weighted by molar-refractivity contribution is -0.384. The minimum Gasteiger partial charge on any atom is -0.383 e. The highest BCUT2D eigenvalue weighted by molar-refractivity contribution is 6.31. The molecule has 1 saturated carbocycles. The van der Waals surface area contributed by atoms with Crippen molar-refractivity contribution in [1.29, 1.82) is 0 Å². The van der Waals surface area contributed by atoms with Crippen molar-refractivity contribution in [3.8, 4) is 0 Å². The minimum absolute atomic E-state index is 0.0640. The van der Waals surface area contributed by atoms with E-state index in [-0.39, 0.29) is 59.8 Å². The molecule has 2 N–H and O–H groups in total. The van der Waals surface area contributed by atoms with Crippen LogP contribution in [0.1, 0.15) is 22.3 Å². The van der Waals surface area contributed by atoms with E-state index >= 15 is 0 Å². The molecule has 2 aliphatic carbocycles. The molecule has 4 atom stereocenters. The number of hydrogen-bond acceptors (Lipinski definition) is 6. The maximum Gasteiger partial charge on any atom is 0.270 e. The Kier molecular flexibility index (Phi) is 5.80. The maximum atomic E-state index is 13.0. The summed E-state index contributed by atoms with van der Waals surface area (Å²) < 4.78 is 0. The molecule has 2 fully saturated rings. The molecule has 1 heterocycles. The third kappa shape index (κ3) is 4.05. The predicted molar refractivity (Wildman–Crippen MR) is 130 cm³/mol. The minimum atomic E-state index is -0.577. The smallest absolute Gasteiger partial charge is 0.270 e. The molecular weight excluding hydrogens is 472 g/mol. The van der Waals surface area contributed by atoms with Crippen LogP contribution < -0.4 is 10.6 Å². The number of hydrogen-bond donors (Lipinski definition) is 2. The van der Waals surface area contributed by atoms with Gasteiger partial charge in [0.2, 0.25) is 11.8 Å². The molecule has 9 nitrogen and oxygen atoms in total. The molecule has 2 aromatic carbocycles. The molecule has 3 aliphatic rings. The third-order valence-corrected chi connectivity index (χ3v) is 7.51. The fourth-order valence-corrected chi connectivity index (χ4v) is 5.52. The molecule has 3 amide bonds. The number of halogens is 1. The van der Waals surface area contributed by atoms with Crippen LogP contribution in [0.2, 0.25) is 5.02 Å². The molecule has 0 spiro atoms. The Balaban J connectivity index is 1.30. The van der Waals surface area contributed by atoms with Gasteiger partial charge in [0.05, 0.1) is 22.3 Å². The Morgan fingerprint density at radius 2 is 1.80 bits per heavy atom. The summed E-state index contributed by atoms with van der Waals surface area (Å²) in [5, 5.41) is 17.5. The zero-order valence-corrected chi connectivity index (χ0v) is 19.6. The number of amides is 3. The number of rotatable bonds is 7. The summed E-state index contributed by atoms with van der Waals surface area (Å²) >= 11 is 6.14. The first-order valence-electron chi connectivity index (χ1n) is 11.4. The molecular formula is C25H23ClN4O5. The highest BCUT2D eigenvalue weighted by atomic mass is 35.5. The molecule has 5 rings (SSSR count). The zero-order chi connectivity index (χ0) is 24.9. The number of nitro benzene ring substituents is 1. The molecule has 35 heavy (non-hydrogen) atoms. The summed E-state index contributed by atoms with van der Waals surface area (Å²) in [4.78, 5) is 50.8. The summed E-state index contributed by atoms with van der Waals surface area (Å²) in [7, 11) is 0. The molecule has 1 saturated heterocycles. The SMILES string of the molecule is Cc1ccc(NC(=O)c2cc([N+](=O)[O-])ccc2NCCN2C(=O)[C@@H]3[C@@H](C2=O)[C@H]2C=C[C@@H]3C2)cc1Cl. The van der Waals surface area contributed by atoms with Gasteiger partial charge in [-0.2, -0.15) is 0 Å². The first-order valence-corrected chi connectivity index (χ1v) is 11.8. The number of nitrogens with one attached hydrogen (secondary N) is 2. The summed E-state index contributed by atoms with van der Waals surface area (Å²) in [5.41, 5.74) is 1.48. The summed E-state index contributed by atoms with van der Waals surface area (Å²) in [5.74, 6) is -1.09. The molecule has 0 unspecified atom stereocenters. The zero-order valence-electron chi connectivity index (χ0n) is 18.9. The van der Waals surface area contributed by atoms with E-state index in [4.69, 9.17) is 11.6 Å². The van der Waals surface area contributed by atoms with E-state index in [0.717, 1.165) is 12.0 Å². The molecule has 0 aromatic heterocycles. The number of carbonyl (C=O) groups is 3. The van der Waals surface area contributed by atoms with Gasteiger partial charge in [-0.15, -0.1) is 0 Å². The lowest BCUT2D eigenvalue weighted by Gasteiger charge is -2.18. The molecule has 2 bridgehead atoms. The highest BCUT2D eigenvalue weighted by Gasteiger charge is 2.58. The fourth-order valence-electron chi connectivity index (χ4n) is 5.34. The Hall–Kier alpha value is -3.72. The van der Waals surface area contributed by atoms with Crippen LogP contribution in [0.25, 0.3) is 0 Å². The van der Waals surface area contributed by atoms with Crippen LogP contribution in [-0.4, -0.2) is 40.6 Å². The second-order valence-corrected chi connectivity index (χ2v) is 9.57. The first kappa shape index (κ1) is 23.0. The number of likely N-dealkylation sites (tertiary alicyclic amines) is 1. The van der Waals surface area contributed by atoms with Crippen LogP contribution in [0.15, 0.2) is 48.6 Å². The summed E-state index contributed by atoms with van der Waals surface area (Å²) in [6.45, 7) is 2.19. The number of imide groups is 1. The lowest BCUT2D eigenvalue weighted by Crippen LogP contribution is -2.36. The monoisotopic (exact) mass is 494 g/mol. The van der Waals surface area contributed by atoms with Crippen molar-refractivity contribution < 1.29 is 19.3 Å². The van der Waals surface area contributed by atoms with Gasteiger partial charge in [0.15, 0.2) is 0 Å². The van der Waals surface area contributed by atoms with Gasteiger partial charge in [-0.3, -0.25) is 29.4 Å². The van der Waals surface area contributed by atoms with Gasteiger partial charge in [-0.1, -0.05) is 29.8 Å². The van der Waals surface area contributed by atoms with Crippen molar-refractivity contribution in [2.45, 2.75) is 13.3 Å². The van der Waals surface area contributed by atoms with E-state index in [1.807, 2.05) is 19.1 Å². The molecule has 10 heteroatoms. The van der Waals surface area contributed by atoms with Gasteiger partial charge in [0, 0.05) is 41.6 Å². The predicted octanol–water partition coefficient (Wildman–Crippen LogP) is 4.03. The number of anilines is 2. The number of non-ortho nitro benzene ring substituents is 1. The van der Waals surface area contributed by atoms with E-state index in [0.29, 0.717) is 16.4 Å². The van der Waals surface area contributed by atoms with Gasteiger partial charge < -0.3 is 10.6 Å². The number of benzene rings is 2. The highest BCUT2D eigenvalue weighted by Crippen LogP contribution is 2.52. The number of allylic oxidation sites excluding steroid dienone is 2. The third-order valence-electron chi connectivity index (χ3n) is 7.10. The quantitative estimate of drug-likeness (QED) is 0.259. The average molecular weight is 495 g/mol. The van der Waals surface area contributed by atoms with Crippen molar-refractivity contribution in [3.63, 3.8) is 0 Å². The van der Waals surface area contributed by atoms with Gasteiger partial charge in [-0.25, -0.2) is 0 Å². The van der Waals surface area contributed by atoms with Crippen molar-refractivity contribution in [2.75, 3.05) is 23.7 Å². The maximum absolute atomic E-state index is 13.0. The first-order chi connectivity index (χ1) is 16.7. The number of carbonyl (C=O) groups excluding carboxylic acids is 3. The standard InChI is InChI=1S/C25H23ClN4O5/c1-13-2-5-16(11-19(13)26)28-23(31)18-12-17(30(34)35)6-7-20(18)27-8-9-29-24(32)21-14-3-4-15(10-14)22(21)25(29)33/h2-7,11-12,14-15,21-22,27H,8-10H2,1H3,(H,28,31)/t14-,15+,21-,22-/m0/s1. The second kappa shape index (κ2) is 8.81. The van der Waals surface area contributed by atoms with E-state index in [2.05, 4.69) is 10.6 Å². The van der Waals surface area contributed by atoms with Crippen LogP contribution in [0.3, 0.4) is 0 Å². The average Bonchev–Trinajstić information content (AvgIpc) is 3.51. The van der Waals surface area contributed by atoms with Crippen LogP contribution in [0, 0.1) is 40.7 Å². The topological polar surface area (TPSA) is 122 Å². The Labute approximate surface area is 206 Å². The summed E-state index contributed by atoms with van der Waals surface area (Å²) in [6.07, 6.45) is 4.95. The Bertz CT molecular complexity index is 1260. The second-order valence-electron chi connectivity index (χ2n) is 9.16. The van der Waals surface area contributed by atoms with Gasteiger partial charge in [0.1, 0.15) is 0 Å². The molecule has 1 aliphatic heterocycles. The number of fused-ring (bicyclic) bond motifs is 5. The van der Waals surface area contributed by atoms with Crippen molar-refractivity contribution >= 4 is 46.4 Å². The van der Waals surface area contributed by atoms with Crippen LogP contribution in [0.5, 0.6) is 0 Å². The van der Waals surface area contributed by atoms with E-state index in [1.54, 1.807) is 18.2 Å². The fraction of sp³-hybridized carbons (Fsp3) is 0.320. The normalized spacial score (nSPS) is 24.1. The van der Waals surface area contributed by atoms with Crippen LogP contribution in [0.4, 0.5) is 17.1 Å². The number of aryl methyl sites for hydroxylation is 1. The number of nitrogens with zero attached hydrogens (tertiary/aromatic N) is 2. The van der Waals surface area contributed by atoms with Gasteiger partial charge in [0.25, 0.3) is 11.6 Å². The Morgan fingerprint density at radius 3 is 2.43 bits per heavy atom. The van der Waals surface area contributed by atoms with Crippen molar-refractivity contribution in [3.05, 3.63) is 74.8 Å². The molecule has 2 aromatic rings. The van der Waals surface area contributed by atoms with Crippen molar-refractivity contribution in [1.82, 2.24) is 4.90 Å². The number of nitro groups is 1.